The van der Waals surface area contributed by atoms with Crippen molar-refractivity contribution in [3.05, 3.63) is 119 Å². The van der Waals surface area contributed by atoms with E-state index >= 15 is 14.4 Å². The zero-order chi connectivity index (χ0) is 53.7. The molecule has 1 saturated heterocycles. The van der Waals surface area contributed by atoms with Gasteiger partial charge in [0.05, 0.1) is 41.6 Å². The Morgan fingerprint density at radius 3 is 1.90 bits per heavy atom. The molecule has 2 bridgehead atoms. The molecule has 7 rings (SSSR count). The second-order valence-corrected chi connectivity index (χ2v) is 32.0. The first-order chi connectivity index (χ1) is 34.2. The van der Waals surface area contributed by atoms with Gasteiger partial charge in [0.25, 0.3) is 5.91 Å². The molecule has 4 aliphatic rings. The summed E-state index contributed by atoms with van der Waals surface area (Å²) in [5.41, 5.74) is -6.46. The molecule has 0 spiro atoms. The van der Waals surface area contributed by atoms with Gasteiger partial charge in [-0.3, -0.25) is 24.0 Å². The van der Waals surface area contributed by atoms with Crippen molar-refractivity contribution in [2.24, 2.45) is 22.7 Å². The summed E-state index contributed by atoms with van der Waals surface area (Å²) >= 11 is 0. The molecular formula is C57H75NO13Si2. The van der Waals surface area contributed by atoms with Gasteiger partial charge in [-0.2, -0.15) is 0 Å². The molecule has 394 valence electrons. The van der Waals surface area contributed by atoms with Gasteiger partial charge in [-0.1, -0.05) is 115 Å². The van der Waals surface area contributed by atoms with Gasteiger partial charge in [-0.15, -0.1) is 0 Å². The molecule has 1 aliphatic heterocycles. The standard InChI is InChI=1S/C57H75NO13Si2/c1-13-73(14-2,15-3)71-42-31-43-56(34-67-43,70-36(5)59)47-49(69-51(63)39-29-23-18-24-30-39)57(65)33-41(35(4)44(54(57,8)9)46(60)48(61)55(42,47)10)68-52(64)40(32-53(6,7)72(11,12)66)45(37-25-19-16-20-26-37)58-50(62)38-27-21-17-22-28-38/h16-30,40-43,45,47,49,65-66H,13-15,31-34H2,1-12H3,(H,58,62)/t40-,41+,42+,43-,45+,47+,49+,55-,56+,57-/m1/s1. The quantitative estimate of drug-likeness (QED) is 0.0501. The van der Waals surface area contributed by atoms with E-state index in [1.165, 1.54) is 6.92 Å². The van der Waals surface area contributed by atoms with Crippen LogP contribution in [0.15, 0.2) is 102 Å². The van der Waals surface area contributed by atoms with Crippen LogP contribution in [0.1, 0.15) is 121 Å². The van der Waals surface area contributed by atoms with Gasteiger partial charge >= 0.3 is 17.9 Å². The average molecular weight is 1040 g/mol. The van der Waals surface area contributed by atoms with E-state index in [0.717, 1.165) is 0 Å². The van der Waals surface area contributed by atoms with Crippen LogP contribution in [0.4, 0.5) is 0 Å². The predicted octanol–water partition coefficient (Wildman–Crippen LogP) is 9.03. The fraction of sp³-hybridized carbons (Fsp3) is 0.544. The van der Waals surface area contributed by atoms with Crippen LogP contribution in [-0.4, -0.2) is 104 Å². The second-order valence-electron chi connectivity index (χ2n) is 22.8. The van der Waals surface area contributed by atoms with E-state index in [0.29, 0.717) is 29.3 Å². The first kappa shape index (κ1) is 55.6. The number of aliphatic hydroxyl groups is 1. The van der Waals surface area contributed by atoms with E-state index in [1.807, 2.05) is 40.7 Å². The number of carbonyl (C=O) groups excluding carboxylic acids is 6. The lowest BCUT2D eigenvalue weighted by Crippen LogP contribution is -2.82. The number of amides is 1. The number of Topliss-reactive ketones (excluding diaryl/α,β-unsaturated/α-hetero) is 2. The number of ether oxygens (including phenoxy) is 4. The van der Waals surface area contributed by atoms with Crippen LogP contribution in [0.5, 0.6) is 0 Å². The Balaban J connectivity index is 1.45. The number of ketones is 2. The van der Waals surface area contributed by atoms with Crippen LogP contribution in [0.3, 0.4) is 0 Å². The highest BCUT2D eigenvalue weighted by Gasteiger charge is 2.78. The maximum absolute atomic E-state index is 16.0. The van der Waals surface area contributed by atoms with Crippen molar-refractivity contribution in [3.8, 4) is 0 Å². The molecular weight excluding hydrogens is 963 g/mol. The number of fused-ring (bicyclic) bond motifs is 5. The number of benzene rings is 3. The lowest BCUT2D eigenvalue weighted by Gasteiger charge is -2.67. The van der Waals surface area contributed by atoms with Crippen molar-refractivity contribution in [1.29, 1.82) is 0 Å². The molecule has 3 aliphatic carbocycles. The molecule has 0 radical (unpaired) electrons. The number of rotatable bonds is 17. The van der Waals surface area contributed by atoms with Crippen molar-refractivity contribution in [3.63, 3.8) is 0 Å². The molecule has 0 aromatic heterocycles. The summed E-state index contributed by atoms with van der Waals surface area (Å²) in [7, 11) is -5.70. The number of esters is 3. The van der Waals surface area contributed by atoms with Crippen molar-refractivity contribution < 1.29 is 62.0 Å². The first-order valence-electron chi connectivity index (χ1n) is 25.8. The van der Waals surface area contributed by atoms with Crippen molar-refractivity contribution in [2.75, 3.05) is 6.61 Å². The minimum Gasteiger partial charge on any atom is -0.457 e. The van der Waals surface area contributed by atoms with Gasteiger partial charge in [0.2, 0.25) is 11.6 Å². The van der Waals surface area contributed by atoms with Gasteiger partial charge in [-0.25, -0.2) is 4.79 Å². The zero-order valence-corrected chi connectivity index (χ0v) is 46.5. The largest absolute Gasteiger partial charge is 0.457 e. The molecule has 10 atom stereocenters. The fourth-order valence-corrected chi connectivity index (χ4v) is 15.9. The van der Waals surface area contributed by atoms with E-state index in [2.05, 4.69) is 5.32 Å². The van der Waals surface area contributed by atoms with Gasteiger partial charge in [-0.05, 0) is 91.9 Å². The molecule has 73 heavy (non-hydrogen) atoms. The SMILES string of the molecule is CC[Si](CC)(CC)O[C@H]1C[C@H]2OC[C@@]2(OC(C)=O)[C@H]2[C@H](OC(=O)c3ccccc3)[C@]3(O)C[C@H](OC(=O)[C@H](CC(C)(C)[Si](C)(C)O)[C@@H](NC(=O)c4ccccc4)c4ccccc4)C(C)=C(C(=O)C(=O)[C@]12C)C3(C)C. The summed E-state index contributed by atoms with van der Waals surface area (Å²) in [6, 6.07) is 26.8. The maximum Gasteiger partial charge on any atom is 0.338 e. The first-order valence-corrected chi connectivity index (χ1v) is 31.3. The summed E-state index contributed by atoms with van der Waals surface area (Å²) < 4.78 is 33.2. The van der Waals surface area contributed by atoms with Crippen LogP contribution in [0, 0.1) is 22.7 Å². The molecule has 1 heterocycles. The van der Waals surface area contributed by atoms with Crippen LogP contribution in [-0.2, 0) is 42.6 Å². The van der Waals surface area contributed by atoms with Crippen LogP contribution >= 0.6 is 0 Å². The molecule has 14 nitrogen and oxygen atoms in total. The average Bonchev–Trinajstić information content (AvgIpc) is 3.35. The lowest BCUT2D eigenvalue weighted by molar-refractivity contribution is -0.342. The summed E-state index contributed by atoms with van der Waals surface area (Å²) in [6.07, 6.45) is -5.39. The highest BCUT2D eigenvalue weighted by molar-refractivity contribution is 6.73. The Labute approximate surface area is 432 Å². The second kappa shape index (κ2) is 20.5. The van der Waals surface area contributed by atoms with Crippen molar-refractivity contribution >= 4 is 52.0 Å². The molecule has 3 N–H and O–H groups in total. The molecule has 1 amide bonds. The van der Waals surface area contributed by atoms with E-state index in [4.69, 9.17) is 23.4 Å². The van der Waals surface area contributed by atoms with Crippen molar-refractivity contribution in [2.45, 2.75) is 166 Å². The Morgan fingerprint density at radius 2 is 1.40 bits per heavy atom. The molecule has 3 aromatic rings. The molecule has 2 saturated carbocycles. The third kappa shape index (κ3) is 9.76. The van der Waals surface area contributed by atoms with Crippen LogP contribution in [0.25, 0.3) is 0 Å². The molecule has 3 aromatic carbocycles. The maximum atomic E-state index is 16.0. The van der Waals surface area contributed by atoms with E-state index in [-0.39, 0.29) is 36.2 Å². The predicted molar refractivity (Wildman–Crippen MR) is 279 cm³/mol. The van der Waals surface area contributed by atoms with Gasteiger partial charge < -0.3 is 38.6 Å². The molecule has 16 heteroatoms. The highest BCUT2D eigenvalue weighted by atomic mass is 28.4. The number of hydrogen-bond acceptors (Lipinski definition) is 13. The number of nitrogens with one attached hydrogen (secondary N) is 1. The summed E-state index contributed by atoms with van der Waals surface area (Å²) in [6.45, 7) is 20.9. The van der Waals surface area contributed by atoms with E-state index < -0.39 is 128 Å². The van der Waals surface area contributed by atoms with Gasteiger partial charge in [0.1, 0.15) is 23.9 Å². The summed E-state index contributed by atoms with van der Waals surface area (Å²) in [5.74, 6) is -7.26. The monoisotopic (exact) mass is 1040 g/mol. The summed E-state index contributed by atoms with van der Waals surface area (Å²) in [4.78, 5) is 101. The zero-order valence-electron chi connectivity index (χ0n) is 44.5. The number of carbonyl (C=O) groups is 6. The third-order valence-electron chi connectivity index (χ3n) is 17.8. The van der Waals surface area contributed by atoms with E-state index in [9.17, 15) is 24.3 Å². The Kier molecular flexibility index (Phi) is 15.7. The smallest absolute Gasteiger partial charge is 0.338 e. The van der Waals surface area contributed by atoms with E-state index in [1.54, 1.807) is 126 Å². The normalized spacial score (nSPS) is 28.7. The third-order valence-corrected chi connectivity index (χ3v) is 26.0. The summed E-state index contributed by atoms with van der Waals surface area (Å²) in [5, 5.41) is 16.4. The Hall–Kier alpha value is -5.11. The minimum atomic E-state index is -3.07. The minimum absolute atomic E-state index is 0.0369. The number of hydrogen-bond donors (Lipinski definition) is 3. The van der Waals surface area contributed by atoms with Gasteiger partial charge in [0, 0.05) is 36.3 Å². The Morgan fingerprint density at radius 1 is 0.849 bits per heavy atom. The fourth-order valence-electron chi connectivity index (χ4n) is 12.3. The topological polar surface area (TPSA) is 201 Å². The van der Waals surface area contributed by atoms with Crippen LogP contribution in [0.2, 0.25) is 36.3 Å². The lowest BCUT2D eigenvalue weighted by atomic mass is 9.45. The molecule has 0 unspecified atom stereocenters. The Bertz CT molecular complexity index is 2600. The highest BCUT2D eigenvalue weighted by Crippen LogP contribution is 2.64. The van der Waals surface area contributed by atoms with Crippen LogP contribution < -0.4 is 5.32 Å². The molecule has 3 fully saturated rings. The van der Waals surface area contributed by atoms with Crippen molar-refractivity contribution in [1.82, 2.24) is 5.32 Å². The van der Waals surface area contributed by atoms with Gasteiger partial charge in [0.15, 0.2) is 22.2 Å².